The van der Waals surface area contributed by atoms with Crippen molar-refractivity contribution in [2.75, 3.05) is 32.1 Å². The molecule has 0 aliphatic carbocycles. The van der Waals surface area contributed by atoms with Gasteiger partial charge in [-0.1, -0.05) is 82.3 Å². The monoisotopic (exact) mass is 423 g/mol. The molecule has 0 atom stereocenters. The minimum absolute atomic E-state index is 0.975. The van der Waals surface area contributed by atoms with Gasteiger partial charge in [0.25, 0.3) is 0 Å². The number of para-hydroxylation sites is 1. The summed E-state index contributed by atoms with van der Waals surface area (Å²) < 4.78 is 0. The Bertz CT molecular complexity index is 705. The fourth-order valence-corrected chi connectivity index (χ4v) is 3.01. The quantitative estimate of drug-likeness (QED) is 0.293. The molecule has 0 N–H and O–H groups in total. The van der Waals surface area contributed by atoms with Crippen molar-refractivity contribution < 1.29 is 0 Å². The van der Waals surface area contributed by atoms with Crippen molar-refractivity contribution in [1.82, 2.24) is 4.90 Å². The third kappa shape index (κ3) is 12.7. The number of aryl methyl sites for hydroxylation is 2. The Hall–Kier alpha value is -2.55. The summed E-state index contributed by atoms with van der Waals surface area (Å²) in [7, 11) is 3.69. The highest BCUT2D eigenvalue weighted by atomic mass is 15.1. The molecule has 31 heavy (non-hydrogen) atoms. The van der Waals surface area contributed by atoms with Crippen LogP contribution in [0, 0.1) is 6.92 Å². The van der Waals surface area contributed by atoms with Crippen molar-refractivity contribution >= 4 is 12.0 Å². The summed E-state index contributed by atoms with van der Waals surface area (Å²) in [5.41, 5.74) is 5.21. The van der Waals surface area contributed by atoms with Gasteiger partial charge in [0.1, 0.15) is 0 Å². The predicted molar refractivity (Wildman–Crippen MR) is 141 cm³/mol. The van der Waals surface area contributed by atoms with E-state index in [1.807, 2.05) is 25.8 Å². The summed E-state index contributed by atoms with van der Waals surface area (Å²) in [6.45, 7) is 16.6. The van der Waals surface area contributed by atoms with Gasteiger partial charge in [-0.15, -0.1) is 0 Å². The van der Waals surface area contributed by atoms with Crippen molar-refractivity contribution in [3.63, 3.8) is 0 Å². The lowest BCUT2D eigenvalue weighted by molar-refractivity contribution is 0.619. The van der Waals surface area contributed by atoms with Gasteiger partial charge in [0.05, 0.1) is 6.34 Å². The summed E-state index contributed by atoms with van der Waals surface area (Å²) in [5, 5.41) is 0. The normalized spacial score (nSPS) is 9.90. The topological polar surface area (TPSA) is 18.8 Å². The second-order valence-electron chi connectivity index (χ2n) is 7.32. The summed E-state index contributed by atoms with van der Waals surface area (Å²) in [4.78, 5) is 8.26. The first-order valence-corrected chi connectivity index (χ1v) is 11.7. The zero-order chi connectivity index (χ0) is 23.5. The molecule has 0 aliphatic heterocycles. The summed E-state index contributed by atoms with van der Waals surface area (Å²) >= 11 is 0. The van der Waals surface area contributed by atoms with Gasteiger partial charge < -0.3 is 9.80 Å². The highest BCUT2D eigenvalue weighted by Gasteiger charge is 2.04. The number of hydrogen-bond donors (Lipinski definition) is 0. The summed E-state index contributed by atoms with van der Waals surface area (Å²) in [5.74, 6) is 0. The first kappa shape index (κ1) is 28.5. The number of nitrogens with zero attached hydrogens (tertiary/aromatic N) is 3. The molecule has 0 spiro atoms. The minimum Gasteiger partial charge on any atom is -0.372 e. The largest absolute Gasteiger partial charge is 0.372 e. The highest BCUT2D eigenvalue weighted by molar-refractivity contribution is 5.56. The molecule has 0 fully saturated rings. The number of benzene rings is 2. The molecule has 172 valence electrons. The van der Waals surface area contributed by atoms with Crippen LogP contribution < -0.4 is 4.90 Å². The lowest BCUT2D eigenvalue weighted by atomic mass is 10.1. The standard InChI is InChI=1S/C19H25N.C7H14N2.C2H6/c1-3-15-20(19-9-5-4-6-10-19)16-7-8-18-13-11-17(2)12-14-18;1-5-7(2)9(4)6-8-3;1-2/h4-6,9-14H,3,7-8,15-16H2,1-2H3;6H,2,5H2,1,3-4H3;1-2H3. The maximum atomic E-state index is 3.84. The van der Waals surface area contributed by atoms with E-state index in [0.717, 1.165) is 31.6 Å². The van der Waals surface area contributed by atoms with E-state index in [9.17, 15) is 0 Å². The van der Waals surface area contributed by atoms with E-state index in [2.05, 4.69) is 91.8 Å². The van der Waals surface area contributed by atoms with Gasteiger partial charge in [0.2, 0.25) is 0 Å². The zero-order valence-electron chi connectivity index (χ0n) is 21.1. The van der Waals surface area contributed by atoms with E-state index in [0.29, 0.717) is 0 Å². The number of allylic oxidation sites excluding steroid dienone is 1. The second kappa shape index (κ2) is 18.2. The zero-order valence-corrected chi connectivity index (χ0v) is 21.1. The first-order chi connectivity index (χ1) is 15.0. The van der Waals surface area contributed by atoms with Crippen LogP contribution in [0.25, 0.3) is 0 Å². The Balaban J connectivity index is 0.000000692. The lowest BCUT2D eigenvalue weighted by Crippen LogP contribution is -2.25. The van der Waals surface area contributed by atoms with Crippen LogP contribution >= 0.6 is 0 Å². The average molecular weight is 424 g/mol. The van der Waals surface area contributed by atoms with Crippen LogP contribution in [0.3, 0.4) is 0 Å². The van der Waals surface area contributed by atoms with E-state index in [-0.39, 0.29) is 0 Å². The van der Waals surface area contributed by atoms with Crippen LogP contribution in [0.5, 0.6) is 0 Å². The SMILES string of the molecule is C=C(CC)N(C)C=NC.CC.CCCN(CCCc1ccc(C)cc1)c1ccccc1. The summed E-state index contributed by atoms with van der Waals surface area (Å²) in [6, 6.07) is 19.7. The molecule has 0 saturated carbocycles. The van der Waals surface area contributed by atoms with E-state index in [1.165, 1.54) is 29.7 Å². The predicted octanol–water partition coefficient (Wildman–Crippen LogP) is 7.37. The Kier molecular flexibility index (Phi) is 16.7. The molecule has 0 aliphatic rings. The Morgan fingerprint density at radius 2 is 1.58 bits per heavy atom. The third-order valence-electron chi connectivity index (χ3n) is 4.82. The van der Waals surface area contributed by atoms with E-state index in [4.69, 9.17) is 0 Å². The van der Waals surface area contributed by atoms with E-state index in [1.54, 1.807) is 13.4 Å². The molecule has 2 aromatic rings. The molecule has 0 radical (unpaired) electrons. The number of aliphatic imine (C=N–C) groups is 1. The van der Waals surface area contributed by atoms with E-state index >= 15 is 0 Å². The van der Waals surface area contributed by atoms with Gasteiger partial charge in [-0.05, 0) is 50.3 Å². The average Bonchev–Trinajstić information content (AvgIpc) is 2.81. The Labute approximate surface area is 192 Å². The van der Waals surface area contributed by atoms with Gasteiger partial charge in [-0.2, -0.15) is 0 Å². The minimum atomic E-state index is 0.975. The molecular weight excluding hydrogens is 378 g/mol. The number of hydrogen-bond acceptors (Lipinski definition) is 2. The smallest absolute Gasteiger partial charge is 0.0885 e. The van der Waals surface area contributed by atoms with Gasteiger partial charge in [0.15, 0.2) is 0 Å². The van der Waals surface area contributed by atoms with Crippen LogP contribution in [0.4, 0.5) is 5.69 Å². The maximum absolute atomic E-state index is 3.84. The molecular formula is C28H45N3. The van der Waals surface area contributed by atoms with Crippen molar-refractivity contribution in [3.05, 3.63) is 78.0 Å². The van der Waals surface area contributed by atoms with E-state index < -0.39 is 0 Å². The molecule has 0 bridgehead atoms. The lowest BCUT2D eigenvalue weighted by Gasteiger charge is -2.24. The fourth-order valence-electron chi connectivity index (χ4n) is 3.01. The molecule has 0 saturated heterocycles. The Morgan fingerprint density at radius 3 is 2.10 bits per heavy atom. The van der Waals surface area contributed by atoms with Crippen LogP contribution in [0.1, 0.15) is 58.1 Å². The molecule has 3 nitrogen and oxygen atoms in total. The molecule has 3 heteroatoms. The number of rotatable bonds is 10. The molecule has 0 amide bonds. The van der Waals surface area contributed by atoms with Gasteiger partial charge in [0, 0.05) is 38.6 Å². The molecule has 0 heterocycles. The van der Waals surface area contributed by atoms with Gasteiger partial charge >= 0.3 is 0 Å². The second-order valence-corrected chi connectivity index (χ2v) is 7.32. The van der Waals surface area contributed by atoms with Crippen molar-refractivity contribution in [3.8, 4) is 0 Å². The molecule has 2 rings (SSSR count). The van der Waals surface area contributed by atoms with Crippen LogP contribution in [-0.2, 0) is 6.42 Å². The summed E-state index contributed by atoms with van der Waals surface area (Å²) in [6.07, 6.45) is 6.29. The van der Waals surface area contributed by atoms with Crippen LogP contribution in [0.2, 0.25) is 0 Å². The maximum Gasteiger partial charge on any atom is 0.0885 e. The van der Waals surface area contributed by atoms with Gasteiger partial charge in [-0.25, -0.2) is 0 Å². The fraction of sp³-hybridized carbons (Fsp3) is 0.464. The van der Waals surface area contributed by atoms with Crippen molar-refractivity contribution in [1.29, 1.82) is 0 Å². The number of anilines is 1. The molecule has 0 unspecified atom stereocenters. The van der Waals surface area contributed by atoms with Crippen molar-refractivity contribution in [2.45, 2.75) is 60.3 Å². The molecule has 2 aromatic carbocycles. The van der Waals surface area contributed by atoms with Gasteiger partial charge in [-0.3, -0.25) is 4.99 Å². The Morgan fingerprint density at radius 1 is 0.968 bits per heavy atom. The molecule has 0 aromatic heterocycles. The van der Waals surface area contributed by atoms with Crippen molar-refractivity contribution in [2.24, 2.45) is 4.99 Å². The van der Waals surface area contributed by atoms with Crippen LogP contribution in [0.15, 0.2) is 71.9 Å². The first-order valence-electron chi connectivity index (χ1n) is 11.7. The van der Waals surface area contributed by atoms with Crippen LogP contribution in [-0.4, -0.2) is 38.4 Å². The highest BCUT2D eigenvalue weighted by Crippen LogP contribution is 2.15. The third-order valence-corrected chi connectivity index (χ3v) is 4.82.